The molecule has 0 aliphatic rings. The number of rotatable bonds is 9. The topological polar surface area (TPSA) is 46.2 Å². The van der Waals surface area contributed by atoms with Gasteiger partial charge in [-0.25, -0.2) is 0 Å². The van der Waals surface area contributed by atoms with Crippen LogP contribution >= 0.6 is 0 Å². The second-order valence-corrected chi connectivity index (χ2v) is 4.97. The number of aromatic hydroxyl groups is 1. The van der Waals surface area contributed by atoms with Crippen LogP contribution in [0.3, 0.4) is 0 Å². The van der Waals surface area contributed by atoms with Crippen LogP contribution < -0.4 is 5.73 Å². The number of nitrogens with two attached hydrogens (primary N) is 1. The fraction of sp³-hybridized carbons (Fsp3) is 0.625. The van der Waals surface area contributed by atoms with Gasteiger partial charge in [-0.1, -0.05) is 51.2 Å². The summed E-state index contributed by atoms with van der Waals surface area (Å²) in [5.41, 5.74) is 7.93. The van der Waals surface area contributed by atoms with Crippen LogP contribution in [0.1, 0.15) is 56.6 Å². The van der Waals surface area contributed by atoms with E-state index in [9.17, 15) is 5.11 Å². The van der Waals surface area contributed by atoms with Gasteiger partial charge in [-0.05, 0) is 43.0 Å². The van der Waals surface area contributed by atoms with E-state index in [1.165, 1.54) is 44.1 Å². The third kappa shape index (κ3) is 5.09. The van der Waals surface area contributed by atoms with Crippen LogP contribution in [0.25, 0.3) is 0 Å². The third-order valence-electron chi connectivity index (χ3n) is 3.44. The Balaban J connectivity index is 2.40. The second kappa shape index (κ2) is 8.98. The Kier molecular flexibility index (Phi) is 7.51. The first-order valence-corrected chi connectivity index (χ1v) is 7.29. The molecule has 102 valence electrons. The Morgan fingerprint density at radius 3 is 2.44 bits per heavy atom. The van der Waals surface area contributed by atoms with Gasteiger partial charge in [-0.3, -0.25) is 0 Å². The molecule has 1 aromatic carbocycles. The van der Waals surface area contributed by atoms with Crippen molar-refractivity contribution in [2.45, 2.75) is 58.3 Å². The van der Waals surface area contributed by atoms with Crippen molar-refractivity contribution in [2.24, 2.45) is 5.73 Å². The molecular weight excluding hydrogens is 222 g/mol. The van der Waals surface area contributed by atoms with Gasteiger partial charge in [-0.15, -0.1) is 0 Å². The summed E-state index contributed by atoms with van der Waals surface area (Å²) in [6, 6.07) is 5.77. The first-order chi connectivity index (χ1) is 8.79. The van der Waals surface area contributed by atoms with Crippen LogP contribution in [0.4, 0.5) is 0 Å². The zero-order valence-electron chi connectivity index (χ0n) is 11.6. The minimum absolute atomic E-state index is 0.439. The number of benzene rings is 1. The van der Waals surface area contributed by atoms with E-state index in [4.69, 9.17) is 5.73 Å². The summed E-state index contributed by atoms with van der Waals surface area (Å²) in [5, 5.41) is 9.92. The molecule has 0 unspecified atom stereocenters. The Hall–Kier alpha value is -1.02. The lowest BCUT2D eigenvalue weighted by atomic mass is 9.97. The molecule has 0 heterocycles. The molecule has 1 rings (SSSR count). The molecular formula is C16H27NO. The molecule has 0 spiro atoms. The Labute approximate surface area is 111 Å². The molecule has 0 atom stereocenters. The number of phenols is 1. The normalized spacial score (nSPS) is 10.8. The van der Waals surface area contributed by atoms with Crippen molar-refractivity contribution in [1.29, 1.82) is 0 Å². The zero-order chi connectivity index (χ0) is 13.2. The summed E-state index contributed by atoms with van der Waals surface area (Å²) in [5.74, 6) is 0.439. The predicted octanol–water partition coefficient (Wildman–Crippen LogP) is 3.80. The molecule has 0 saturated carbocycles. The Morgan fingerprint density at radius 1 is 1.00 bits per heavy atom. The van der Waals surface area contributed by atoms with Crippen molar-refractivity contribution in [3.05, 3.63) is 29.3 Å². The lowest BCUT2D eigenvalue weighted by Gasteiger charge is -2.10. The summed E-state index contributed by atoms with van der Waals surface area (Å²) >= 11 is 0. The summed E-state index contributed by atoms with van der Waals surface area (Å²) in [7, 11) is 0. The van der Waals surface area contributed by atoms with Gasteiger partial charge in [-0.2, -0.15) is 0 Å². The van der Waals surface area contributed by atoms with Gasteiger partial charge < -0.3 is 10.8 Å². The van der Waals surface area contributed by atoms with Crippen LogP contribution in [0.15, 0.2) is 18.2 Å². The highest BCUT2D eigenvalue weighted by atomic mass is 16.3. The Bertz CT molecular complexity index is 336. The van der Waals surface area contributed by atoms with E-state index in [0.717, 1.165) is 18.4 Å². The lowest BCUT2D eigenvalue weighted by molar-refractivity contribution is 0.464. The van der Waals surface area contributed by atoms with Crippen LogP contribution in [-0.2, 0) is 12.8 Å². The minimum atomic E-state index is 0.439. The standard InChI is InChI=1S/C16H27NO/c1-2-3-4-5-6-7-10-15-14(12-13-17)9-8-11-16(15)18/h8-9,11,18H,2-7,10,12-13,17H2,1H3. The SMILES string of the molecule is CCCCCCCCc1c(O)cccc1CCN. The lowest BCUT2D eigenvalue weighted by Crippen LogP contribution is -2.05. The van der Waals surface area contributed by atoms with Gasteiger partial charge in [0.15, 0.2) is 0 Å². The summed E-state index contributed by atoms with van der Waals surface area (Å²) in [4.78, 5) is 0. The van der Waals surface area contributed by atoms with Gasteiger partial charge >= 0.3 is 0 Å². The van der Waals surface area contributed by atoms with E-state index in [1.54, 1.807) is 6.07 Å². The highest BCUT2D eigenvalue weighted by Crippen LogP contribution is 2.24. The fourth-order valence-corrected chi connectivity index (χ4v) is 2.38. The zero-order valence-corrected chi connectivity index (χ0v) is 11.6. The van der Waals surface area contributed by atoms with Gasteiger partial charge in [0.25, 0.3) is 0 Å². The molecule has 1 aromatic rings. The number of unbranched alkanes of at least 4 members (excludes halogenated alkanes) is 5. The van der Waals surface area contributed by atoms with Gasteiger partial charge in [0, 0.05) is 0 Å². The molecule has 0 amide bonds. The van der Waals surface area contributed by atoms with Crippen molar-refractivity contribution >= 4 is 0 Å². The van der Waals surface area contributed by atoms with Crippen molar-refractivity contribution < 1.29 is 5.11 Å². The van der Waals surface area contributed by atoms with Crippen LogP contribution in [0.5, 0.6) is 5.75 Å². The molecule has 0 aliphatic heterocycles. The maximum Gasteiger partial charge on any atom is 0.119 e. The number of phenolic OH excluding ortho intramolecular Hbond substituents is 1. The molecule has 0 fully saturated rings. The maximum atomic E-state index is 9.92. The van der Waals surface area contributed by atoms with E-state index < -0.39 is 0 Å². The van der Waals surface area contributed by atoms with Crippen molar-refractivity contribution in [1.82, 2.24) is 0 Å². The van der Waals surface area contributed by atoms with Crippen molar-refractivity contribution in [3.8, 4) is 5.75 Å². The highest BCUT2D eigenvalue weighted by Gasteiger charge is 2.06. The van der Waals surface area contributed by atoms with Gasteiger partial charge in [0.1, 0.15) is 5.75 Å². The van der Waals surface area contributed by atoms with E-state index in [2.05, 4.69) is 13.0 Å². The molecule has 18 heavy (non-hydrogen) atoms. The Morgan fingerprint density at radius 2 is 1.72 bits per heavy atom. The summed E-state index contributed by atoms with van der Waals surface area (Å²) in [6.07, 6.45) is 9.55. The second-order valence-electron chi connectivity index (χ2n) is 4.97. The van der Waals surface area contributed by atoms with Gasteiger partial charge in [0.05, 0.1) is 0 Å². The van der Waals surface area contributed by atoms with Crippen molar-refractivity contribution in [3.63, 3.8) is 0 Å². The third-order valence-corrected chi connectivity index (χ3v) is 3.44. The average molecular weight is 249 g/mol. The molecule has 3 N–H and O–H groups in total. The highest BCUT2D eigenvalue weighted by molar-refractivity contribution is 5.39. The van der Waals surface area contributed by atoms with Crippen LogP contribution in [0, 0.1) is 0 Å². The summed E-state index contributed by atoms with van der Waals surface area (Å²) < 4.78 is 0. The fourth-order valence-electron chi connectivity index (χ4n) is 2.38. The predicted molar refractivity (Wildman–Crippen MR) is 77.9 cm³/mol. The van der Waals surface area contributed by atoms with E-state index in [0.29, 0.717) is 12.3 Å². The van der Waals surface area contributed by atoms with E-state index >= 15 is 0 Å². The first kappa shape index (κ1) is 15.0. The summed E-state index contributed by atoms with van der Waals surface area (Å²) in [6.45, 7) is 2.88. The average Bonchev–Trinajstić information content (AvgIpc) is 2.36. The maximum absolute atomic E-state index is 9.92. The molecule has 2 heteroatoms. The molecule has 0 radical (unpaired) electrons. The minimum Gasteiger partial charge on any atom is -0.508 e. The largest absolute Gasteiger partial charge is 0.508 e. The molecule has 0 aromatic heterocycles. The number of hydrogen-bond donors (Lipinski definition) is 2. The molecule has 2 nitrogen and oxygen atoms in total. The van der Waals surface area contributed by atoms with Gasteiger partial charge in [0.2, 0.25) is 0 Å². The molecule has 0 saturated heterocycles. The van der Waals surface area contributed by atoms with Crippen molar-refractivity contribution in [2.75, 3.05) is 6.54 Å². The van der Waals surface area contributed by atoms with E-state index in [-0.39, 0.29) is 0 Å². The monoisotopic (exact) mass is 249 g/mol. The van der Waals surface area contributed by atoms with Crippen LogP contribution in [-0.4, -0.2) is 11.7 Å². The van der Waals surface area contributed by atoms with Crippen LogP contribution in [0.2, 0.25) is 0 Å². The van der Waals surface area contributed by atoms with E-state index in [1.807, 2.05) is 6.07 Å². The smallest absolute Gasteiger partial charge is 0.119 e. The molecule has 0 aliphatic carbocycles. The number of hydrogen-bond acceptors (Lipinski definition) is 2. The molecule has 0 bridgehead atoms. The first-order valence-electron chi connectivity index (χ1n) is 7.29. The quantitative estimate of drug-likeness (QED) is 0.654.